The van der Waals surface area contributed by atoms with E-state index < -0.39 is 26.8 Å². The van der Waals surface area contributed by atoms with Gasteiger partial charge in [-0.05, 0) is 0 Å². The molecule has 385 valence electrons. The van der Waals surface area contributed by atoms with Gasteiger partial charge in [0.2, 0.25) is 0 Å². The van der Waals surface area contributed by atoms with E-state index in [4.69, 9.17) is 0 Å². The molecule has 2 aliphatic carbocycles. The zero-order valence-corrected chi connectivity index (χ0v) is 51.7. The molecule has 0 nitrogen and oxygen atoms in total. The Balaban J connectivity index is 1.27. The summed E-state index contributed by atoms with van der Waals surface area (Å²) >= 11 is -2.90. The molecule has 8 aromatic rings. The van der Waals surface area contributed by atoms with E-state index in [1.54, 1.807) is 22.3 Å². The minimum atomic E-state index is -2.90. The molecular formula is C74H81SiZr. The third-order valence-electron chi connectivity index (χ3n) is 16.6. The van der Waals surface area contributed by atoms with E-state index in [2.05, 4.69) is 290 Å². The van der Waals surface area contributed by atoms with Crippen LogP contribution in [0.1, 0.15) is 146 Å². The number of benzene rings is 8. The molecule has 0 N–H and O–H groups in total. The van der Waals surface area contributed by atoms with Crippen molar-refractivity contribution in [2.24, 2.45) is 0 Å². The number of hydrogen-bond donors (Lipinski definition) is 0. The van der Waals surface area contributed by atoms with Gasteiger partial charge in [-0.1, -0.05) is 0 Å². The Labute approximate surface area is 466 Å². The van der Waals surface area contributed by atoms with Gasteiger partial charge < -0.3 is 0 Å². The van der Waals surface area contributed by atoms with E-state index in [9.17, 15) is 0 Å². The molecule has 0 fully saturated rings. The fourth-order valence-corrected chi connectivity index (χ4v) is 35.0. The number of fused-ring (bicyclic) bond motifs is 2. The van der Waals surface area contributed by atoms with E-state index in [1.807, 2.05) is 0 Å². The third-order valence-corrected chi connectivity index (χ3v) is 38.3. The molecule has 0 amide bonds. The summed E-state index contributed by atoms with van der Waals surface area (Å²) in [6.07, 6.45) is 7.35. The van der Waals surface area contributed by atoms with Gasteiger partial charge in [0.15, 0.2) is 0 Å². The van der Waals surface area contributed by atoms with Gasteiger partial charge in [0, 0.05) is 0 Å². The first-order chi connectivity index (χ1) is 36.0. The van der Waals surface area contributed by atoms with Crippen LogP contribution in [0.25, 0.3) is 56.7 Å². The first-order valence-electron chi connectivity index (χ1n) is 28.2. The van der Waals surface area contributed by atoms with Crippen molar-refractivity contribution < 1.29 is 20.9 Å². The second-order valence-electron chi connectivity index (χ2n) is 26.6. The van der Waals surface area contributed by atoms with Crippen LogP contribution in [-0.4, -0.2) is 5.92 Å². The second kappa shape index (κ2) is 20.9. The summed E-state index contributed by atoms with van der Waals surface area (Å²) in [4.78, 5) is 0. The molecule has 76 heavy (non-hydrogen) atoms. The summed E-state index contributed by atoms with van der Waals surface area (Å²) in [6, 6.07) is 71.3. The summed E-state index contributed by atoms with van der Waals surface area (Å²) < 4.78 is 0.743. The molecule has 0 aromatic heterocycles. The van der Waals surface area contributed by atoms with Crippen molar-refractivity contribution in [3.8, 4) is 44.5 Å². The molecule has 0 radical (unpaired) electrons. The number of rotatable bonds is 11. The summed E-state index contributed by atoms with van der Waals surface area (Å²) in [5, 5.41) is 0. The first-order valence-corrected chi connectivity index (χ1v) is 38.2. The monoisotopic (exact) mass is 1090 g/mol. The summed E-state index contributed by atoms with van der Waals surface area (Å²) in [6.45, 7) is 33.5. The van der Waals surface area contributed by atoms with Crippen LogP contribution in [0.5, 0.6) is 0 Å². The van der Waals surface area contributed by atoms with Gasteiger partial charge in [0.05, 0.1) is 0 Å². The molecule has 2 atom stereocenters. The molecule has 2 unspecified atom stereocenters. The van der Waals surface area contributed by atoms with E-state index >= 15 is 0 Å². The fourth-order valence-electron chi connectivity index (χ4n) is 12.3. The Hall–Kier alpha value is -5.66. The number of hydrogen-bond acceptors (Lipinski definition) is 0. The van der Waals surface area contributed by atoms with Gasteiger partial charge in [-0.3, -0.25) is 0 Å². The average Bonchev–Trinajstić information content (AvgIpc) is 3.99. The minimum absolute atomic E-state index is 0.0657. The summed E-state index contributed by atoms with van der Waals surface area (Å²) in [7, 11) is 0. The fraction of sp³-hybridized carbons (Fsp3) is 0.297. The van der Waals surface area contributed by atoms with E-state index in [-0.39, 0.29) is 21.7 Å². The quantitative estimate of drug-likeness (QED) is 0.113. The molecule has 0 saturated carbocycles. The molecule has 10 rings (SSSR count). The van der Waals surface area contributed by atoms with E-state index in [0.29, 0.717) is 7.25 Å². The SMILES string of the molecule is C[SiH](C)[Zr]([CH]1C(Cc2ccccc2)=Cc2c(-c3ccc(C(C)(C)C)cc3)ccc(-c3ccc(C(C)(C)C)cc3)c21)[CH]1C(Cc2ccccc2)=Cc2c(-c3ccc(C(C)(C)C)cc3)ccc(-c3ccc(C(C)(C)C)cc3)c21. The predicted octanol–water partition coefficient (Wildman–Crippen LogP) is 20.2. The second-order valence-corrected chi connectivity index (χ2v) is 46.6. The Morgan fingerprint density at radius 3 is 0.855 bits per heavy atom. The van der Waals surface area contributed by atoms with Gasteiger partial charge in [0.25, 0.3) is 0 Å². The van der Waals surface area contributed by atoms with Crippen molar-refractivity contribution in [2.45, 2.75) is 138 Å². The van der Waals surface area contributed by atoms with Crippen molar-refractivity contribution in [3.05, 3.63) is 249 Å². The molecule has 0 bridgehead atoms. The van der Waals surface area contributed by atoms with E-state index in [1.165, 1.54) is 89.0 Å². The number of allylic oxidation sites excluding steroid dienone is 2. The zero-order chi connectivity index (χ0) is 53.9. The van der Waals surface area contributed by atoms with Gasteiger partial charge in [-0.2, -0.15) is 0 Å². The average molecular weight is 1090 g/mol. The predicted molar refractivity (Wildman–Crippen MR) is 330 cm³/mol. The van der Waals surface area contributed by atoms with Crippen LogP contribution in [-0.2, 0) is 55.4 Å². The van der Waals surface area contributed by atoms with Crippen molar-refractivity contribution in [2.75, 3.05) is 0 Å². The van der Waals surface area contributed by atoms with Gasteiger partial charge in [-0.15, -0.1) is 0 Å². The molecule has 2 aliphatic rings. The maximum atomic E-state index is 2.75. The standard InChI is InChI=1S/2C36H37.C2H7Si.Zr/c2*1-35(2,3)29-16-12-27(13-17-29)31-20-21-32(28-14-18-30(19-15-28)36(4,5)6)34-24-26(23-33(31)34)22-25-10-8-7-9-11-25;1-3-2;/h2*7-21,23-24H,22H2,1-6H3;3H,1-2H3;. The Kier molecular flexibility index (Phi) is 14.8. The topological polar surface area (TPSA) is 0 Å². The molecule has 2 heteroatoms. The summed E-state index contributed by atoms with van der Waals surface area (Å²) in [5.41, 5.74) is 28.7. The normalized spacial score (nSPS) is 15.6. The van der Waals surface area contributed by atoms with Gasteiger partial charge in [-0.25, -0.2) is 0 Å². The van der Waals surface area contributed by atoms with Crippen LogP contribution in [0.15, 0.2) is 193 Å². The van der Waals surface area contributed by atoms with Crippen LogP contribution in [0.2, 0.25) is 13.1 Å². The van der Waals surface area contributed by atoms with Gasteiger partial charge >= 0.3 is 470 Å². The third kappa shape index (κ3) is 10.9. The van der Waals surface area contributed by atoms with E-state index in [0.717, 1.165) is 12.8 Å². The molecule has 0 saturated heterocycles. The van der Waals surface area contributed by atoms with Crippen LogP contribution >= 0.6 is 0 Å². The molecule has 0 heterocycles. The van der Waals surface area contributed by atoms with Crippen LogP contribution in [0.3, 0.4) is 0 Å². The van der Waals surface area contributed by atoms with Crippen molar-refractivity contribution in [1.82, 2.24) is 0 Å². The Morgan fingerprint density at radius 1 is 0.329 bits per heavy atom. The van der Waals surface area contributed by atoms with Crippen molar-refractivity contribution in [1.29, 1.82) is 0 Å². The molecular weight excluding hydrogens is 1010 g/mol. The Morgan fingerprint density at radius 2 is 0.592 bits per heavy atom. The first kappa shape index (κ1) is 53.7. The maximum absolute atomic E-state index is 2.90. The van der Waals surface area contributed by atoms with Crippen LogP contribution in [0, 0.1) is 0 Å². The van der Waals surface area contributed by atoms with Crippen LogP contribution in [0.4, 0.5) is 0 Å². The molecule has 0 spiro atoms. The Bertz CT molecular complexity index is 3190. The molecule has 8 aromatic carbocycles. The van der Waals surface area contributed by atoms with Crippen molar-refractivity contribution >= 4 is 18.1 Å². The zero-order valence-electron chi connectivity index (χ0n) is 48.1. The molecule has 0 aliphatic heterocycles. The van der Waals surface area contributed by atoms with Crippen molar-refractivity contribution in [3.63, 3.8) is 0 Å². The van der Waals surface area contributed by atoms with Gasteiger partial charge in [0.1, 0.15) is 0 Å². The van der Waals surface area contributed by atoms with Crippen LogP contribution < -0.4 is 0 Å². The summed E-state index contributed by atoms with van der Waals surface area (Å²) in [5.74, 6) is -1.41.